The number of aryl methyl sites for hydroxylation is 1. The molecule has 0 atom stereocenters. The van der Waals surface area contributed by atoms with Gasteiger partial charge >= 0.3 is 0 Å². The van der Waals surface area contributed by atoms with Gasteiger partial charge in [-0.3, -0.25) is 0 Å². The Morgan fingerprint density at radius 1 is 0.947 bits per heavy atom. The second-order valence-corrected chi connectivity index (χ2v) is 4.75. The van der Waals surface area contributed by atoms with Crippen LogP contribution >= 0.6 is 0 Å². The van der Waals surface area contributed by atoms with Crippen LogP contribution in [0.4, 0.5) is 0 Å². The molecule has 0 unspecified atom stereocenters. The lowest BCUT2D eigenvalue weighted by atomic mass is 10.0. The lowest BCUT2D eigenvalue weighted by Crippen LogP contribution is -2.05. The molecule has 1 aromatic carbocycles. The molecule has 0 spiro atoms. The van der Waals surface area contributed by atoms with E-state index in [9.17, 15) is 0 Å². The molecule has 1 heterocycles. The third kappa shape index (κ3) is 3.86. The lowest BCUT2D eigenvalue weighted by molar-refractivity contribution is 0.795. The van der Waals surface area contributed by atoms with E-state index in [4.69, 9.17) is 5.73 Å². The van der Waals surface area contributed by atoms with Gasteiger partial charge < -0.3 is 5.73 Å². The van der Waals surface area contributed by atoms with Crippen molar-refractivity contribution in [3.8, 4) is 11.3 Å². The molecule has 3 heteroatoms. The molecule has 0 saturated carbocycles. The Balaban J connectivity index is 2.08. The topological polar surface area (TPSA) is 51.8 Å². The average Bonchev–Trinajstić information content (AvgIpc) is 2.47. The largest absolute Gasteiger partial charge is 0.330 e. The van der Waals surface area contributed by atoms with E-state index in [-0.39, 0.29) is 0 Å². The van der Waals surface area contributed by atoms with Crippen LogP contribution in [0.25, 0.3) is 11.3 Å². The van der Waals surface area contributed by atoms with Crippen molar-refractivity contribution in [2.24, 2.45) is 5.73 Å². The first kappa shape index (κ1) is 13.7. The normalized spacial score (nSPS) is 10.6. The Morgan fingerprint density at radius 3 is 2.32 bits per heavy atom. The van der Waals surface area contributed by atoms with Crippen molar-refractivity contribution in [3.63, 3.8) is 0 Å². The molecule has 0 aliphatic rings. The molecule has 2 N–H and O–H groups in total. The summed E-state index contributed by atoms with van der Waals surface area (Å²) >= 11 is 0. The Kier molecular flexibility index (Phi) is 5.04. The predicted octanol–water partition coefficient (Wildman–Crippen LogP) is 2.99. The minimum Gasteiger partial charge on any atom is -0.330 e. The first-order valence-corrected chi connectivity index (χ1v) is 6.95. The highest BCUT2D eigenvalue weighted by molar-refractivity contribution is 5.58. The van der Waals surface area contributed by atoms with E-state index in [1.54, 1.807) is 0 Å². The number of benzene rings is 1. The van der Waals surface area contributed by atoms with Crippen molar-refractivity contribution in [1.82, 2.24) is 10.2 Å². The van der Waals surface area contributed by atoms with Gasteiger partial charge in [0.1, 0.15) is 0 Å². The summed E-state index contributed by atoms with van der Waals surface area (Å²) in [5, 5.41) is 8.44. The summed E-state index contributed by atoms with van der Waals surface area (Å²) in [5.74, 6) is 0. The molecule has 0 radical (unpaired) electrons. The summed E-state index contributed by atoms with van der Waals surface area (Å²) in [4.78, 5) is 0. The van der Waals surface area contributed by atoms with Crippen molar-refractivity contribution in [2.75, 3.05) is 6.54 Å². The smallest absolute Gasteiger partial charge is 0.0929 e. The Hall–Kier alpha value is -1.74. The predicted molar refractivity (Wildman–Crippen MR) is 78.8 cm³/mol. The van der Waals surface area contributed by atoms with E-state index in [0.717, 1.165) is 29.8 Å². The molecule has 1 aromatic heterocycles. The molecular weight excluding hydrogens is 234 g/mol. The first-order chi connectivity index (χ1) is 9.33. The zero-order chi connectivity index (χ0) is 13.5. The van der Waals surface area contributed by atoms with Gasteiger partial charge in [-0.1, -0.05) is 37.6 Å². The zero-order valence-corrected chi connectivity index (χ0v) is 11.5. The Morgan fingerprint density at radius 2 is 1.74 bits per heavy atom. The first-order valence-electron chi connectivity index (χ1n) is 6.95. The van der Waals surface area contributed by atoms with Crippen LogP contribution in [0.3, 0.4) is 0 Å². The minimum absolute atomic E-state index is 0.611. The number of aromatic nitrogens is 2. The fourth-order valence-electron chi connectivity index (χ4n) is 2.02. The number of hydrogen-bond acceptors (Lipinski definition) is 3. The minimum atomic E-state index is 0.611. The van der Waals surface area contributed by atoms with Gasteiger partial charge in [-0.25, -0.2) is 0 Å². The highest BCUT2D eigenvalue weighted by Gasteiger charge is 2.01. The summed E-state index contributed by atoms with van der Waals surface area (Å²) in [6, 6.07) is 12.6. The third-order valence-electron chi connectivity index (χ3n) is 3.19. The molecule has 0 saturated heterocycles. The van der Waals surface area contributed by atoms with Gasteiger partial charge in [0.05, 0.1) is 11.4 Å². The maximum Gasteiger partial charge on any atom is 0.0929 e. The van der Waals surface area contributed by atoms with Gasteiger partial charge in [0.15, 0.2) is 0 Å². The van der Waals surface area contributed by atoms with E-state index >= 15 is 0 Å². The summed E-state index contributed by atoms with van der Waals surface area (Å²) in [6.45, 7) is 2.83. The van der Waals surface area contributed by atoms with Gasteiger partial charge in [-0.05, 0) is 37.1 Å². The van der Waals surface area contributed by atoms with Gasteiger partial charge in [-0.2, -0.15) is 10.2 Å². The highest BCUT2D eigenvalue weighted by atomic mass is 15.1. The van der Waals surface area contributed by atoms with Crippen LogP contribution in [-0.2, 0) is 12.8 Å². The van der Waals surface area contributed by atoms with Crippen molar-refractivity contribution >= 4 is 0 Å². The molecular formula is C16H21N3. The van der Waals surface area contributed by atoms with E-state index in [0.29, 0.717) is 6.54 Å². The number of nitrogens with two attached hydrogens (primary N) is 1. The van der Waals surface area contributed by atoms with Crippen LogP contribution in [0.1, 0.15) is 31.0 Å². The maximum absolute atomic E-state index is 5.50. The second-order valence-electron chi connectivity index (χ2n) is 4.75. The summed E-state index contributed by atoms with van der Waals surface area (Å²) in [7, 11) is 0. The van der Waals surface area contributed by atoms with Crippen molar-refractivity contribution < 1.29 is 0 Å². The molecule has 0 fully saturated rings. The van der Waals surface area contributed by atoms with Gasteiger partial charge in [-0.15, -0.1) is 0 Å². The number of rotatable bonds is 6. The van der Waals surface area contributed by atoms with Gasteiger partial charge in [0, 0.05) is 12.0 Å². The van der Waals surface area contributed by atoms with Crippen molar-refractivity contribution in [2.45, 2.75) is 32.6 Å². The third-order valence-corrected chi connectivity index (χ3v) is 3.19. The van der Waals surface area contributed by atoms with Gasteiger partial charge in [0.25, 0.3) is 0 Å². The monoisotopic (exact) mass is 255 g/mol. The molecule has 3 nitrogen and oxygen atoms in total. The van der Waals surface area contributed by atoms with Crippen LogP contribution in [0.2, 0.25) is 0 Å². The average molecular weight is 255 g/mol. The SMILES string of the molecule is CCCCc1ccc(-c2ccc(CCN)nn2)cc1. The Bertz CT molecular complexity index is 488. The summed E-state index contributed by atoms with van der Waals surface area (Å²) in [5.41, 5.74) is 9.87. The zero-order valence-electron chi connectivity index (χ0n) is 11.5. The molecule has 0 aliphatic heterocycles. The molecule has 2 aromatic rings. The van der Waals surface area contributed by atoms with Crippen molar-refractivity contribution in [3.05, 3.63) is 47.7 Å². The van der Waals surface area contributed by atoms with Crippen LogP contribution in [0.15, 0.2) is 36.4 Å². The summed E-state index contributed by atoms with van der Waals surface area (Å²) < 4.78 is 0. The van der Waals surface area contributed by atoms with Crippen LogP contribution in [0, 0.1) is 0 Å². The lowest BCUT2D eigenvalue weighted by Gasteiger charge is -2.04. The van der Waals surface area contributed by atoms with E-state index in [2.05, 4.69) is 41.4 Å². The van der Waals surface area contributed by atoms with Crippen LogP contribution in [0.5, 0.6) is 0 Å². The number of nitrogens with zero attached hydrogens (tertiary/aromatic N) is 2. The van der Waals surface area contributed by atoms with Crippen LogP contribution < -0.4 is 5.73 Å². The van der Waals surface area contributed by atoms with E-state index in [1.807, 2.05) is 12.1 Å². The molecule has 19 heavy (non-hydrogen) atoms. The quantitative estimate of drug-likeness (QED) is 0.863. The van der Waals surface area contributed by atoms with Crippen molar-refractivity contribution in [1.29, 1.82) is 0 Å². The molecule has 0 bridgehead atoms. The molecule has 100 valence electrons. The maximum atomic E-state index is 5.50. The summed E-state index contributed by atoms with van der Waals surface area (Å²) in [6.07, 6.45) is 4.41. The molecule has 0 amide bonds. The highest BCUT2D eigenvalue weighted by Crippen LogP contribution is 2.17. The standard InChI is InChI=1S/C16H21N3/c1-2-3-4-13-5-7-14(8-6-13)16-10-9-15(11-12-17)18-19-16/h5-10H,2-4,11-12,17H2,1H3. The number of unbranched alkanes of at least 4 members (excludes halogenated alkanes) is 1. The van der Waals surface area contributed by atoms with E-state index in [1.165, 1.54) is 18.4 Å². The van der Waals surface area contributed by atoms with Gasteiger partial charge in [0.2, 0.25) is 0 Å². The fourth-order valence-corrected chi connectivity index (χ4v) is 2.02. The van der Waals surface area contributed by atoms with Crippen LogP contribution in [-0.4, -0.2) is 16.7 Å². The Labute approximate surface area is 114 Å². The second kappa shape index (κ2) is 7.00. The molecule has 2 rings (SSSR count). The van der Waals surface area contributed by atoms with E-state index < -0.39 is 0 Å². The molecule has 0 aliphatic carbocycles. The number of hydrogen-bond donors (Lipinski definition) is 1. The fraction of sp³-hybridized carbons (Fsp3) is 0.375.